The molecule has 0 amide bonds. The Morgan fingerprint density at radius 2 is 2.17 bits per heavy atom. The fourth-order valence-corrected chi connectivity index (χ4v) is 3.40. The Hall–Kier alpha value is -0.550. The number of guanidine groups is 1. The van der Waals surface area contributed by atoms with Gasteiger partial charge in [-0.25, -0.2) is 4.99 Å². The van der Waals surface area contributed by atoms with Crippen LogP contribution in [0.15, 0.2) is 17.1 Å². The molecule has 24 heavy (non-hydrogen) atoms. The fraction of sp³-hybridized carbons (Fsp3) is 0.667. The lowest BCUT2D eigenvalue weighted by molar-refractivity contribution is -0.143. The Labute approximate surface area is 161 Å². The zero-order valence-electron chi connectivity index (χ0n) is 13.8. The van der Waals surface area contributed by atoms with Crippen molar-refractivity contribution < 1.29 is 13.2 Å². The maximum atomic E-state index is 12.4. The Morgan fingerprint density at radius 1 is 1.42 bits per heavy atom. The lowest BCUT2D eigenvalue weighted by atomic mass is 10.3. The minimum atomic E-state index is -4.13. The third-order valence-corrected chi connectivity index (χ3v) is 4.53. The molecular formula is C15H24F3IN4S. The van der Waals surface area contributed by atoms with Crippen molar-refractivity contribution in [3.8, 4) is 0 Å². The second-order valence-corrected chi connectivity index (χ2v) is 7.06. The molecular weight excluding hydrogens is 452 g/mol. The molecule has 2 rings (SSSR count). The van der Waals surface area contributed by atoms with Gasteiger partial charge in [0, 0.05) is 35.4 Å². The van der Waals surface area contributed by atoms with Crippen molar-refractivity contribution in [2.45, 2.75) is 39.0 Å². The van der Waals surface area contributed by atoms with Crippen molar-refractivity contribution in [3.63, 3.8) is 0 Å². The first-order valence-corrected chi connectivity index (χ1v) is 8.56. The van der Waals surface area contributed by atoms with Crippen LogP contribution in [-0.2, 0) is 6.54 Å². The topological polar surface area (TPSA) is 39.7 Å². The van der Waals surface area contributed by atoms with Crippen LogP contribution in [0.5, 0.6) is 0 Å². The van der Waals surface area contributed by atoms with Gasteiger partial charge in [-0.15, -0.1) is 35.3 Å². The lowest BCUT2D eigenvalue weighted by Crippen LogP contribution is -2.45. The molecule has 2 N–H and O–H groups in total. The summed E-state index contributed by atoms with van der Waals surface area (Å²) in [7, 11) is 0. The van der Waals surface area contributed by atoms with E-state index in [4.69, 9.17) is 0 Å². The monoisotopic (exact) mass is 476 g/mol. The van der Waals surface area contributed by atoms with Gasteiger partial charge in [-0.3, -0.25) is 4.90 Å². The maximum absolute atomic E-state index is 12.4. The second-order valence-electron chi connectivity index (χ2n) is 5.69. The molecule has 1 aromatic heterocycles. The Morgan fingerprint density at radius 3 is 2.75 bits per heavy atom. The zero-order chi connectivity index (χ0) is 16.9. The summed E-state index contributed by atoms with van der Waals surface area (Å²) in [4.78, 5) is 8.37. The van der Waals surface area contributed by atoms with Gasteiger partial charge in [-0.2, -0.15) is 13.2 Å². The van der Waals surface area contributed by atoms with E-state index in [1.54, 1.807) is 11.3 Å². The number of aliphatic imine (C=N–C) groups is 1. The van der Waals surface area contributed by atoms with Crippen molar-refractivity contribution in [2.75, 3.05) is 26.2 Å². The molecule has 2 heterocycles. The quantitative estimate of drug-likeness (QED) is 0.389. The van der Waals surface area contributed by atoms with Crippen LogP contribution in [-0.4, -0.2) is 49.3 Å². The summed E-state index contributed by atoms with van der Waals surface area (Å²) in [5.41, 5.74) is 0. The first-order valence-electron chi connectivity index (χ1n) is 7.75. The van der Waals surface area contributed by atoms with Gasteiger partial charge in [0.15, 0.2) is 5.96 Å². The number of halogens is 4. The number of nitrogens with zero attached hydrogens (tertiary/aromatic N) is 2. The van der Waals surface area contributed by atoms with Gasteiger partial charge in [0.2, 0.25) is 0 Å². The van der Waals surface area contributed by atoms with Crippen molar-refractivity contribution >= 4 is 41.3 Å². The highest BCUT2D eigenvalue weighted by atomic mass is 127. The number of alkyl halides is 3. The molecule has 1 saturated heterocycles. The summed E-state index contributed by atoms with van der Waals surface area (Å²) in [6.45, 7) is 5.32. The number of aryl methyl sites for hydroxylation is 1. The molecule has 1 fully saturated rings. The molecule has 1 unspecified atom stereocenters. The third-order valence-electron chi connectivity index (χ3n) is 3.55. The van der Waals surface area contributed by atoms with Crippen LogP contribution in [0.4, 0.5) is 13.2 Å². The van der Waals surface area contributed by atoms with Gasteiger partial charge >= 0.3 is 6.18 Å². The average Bonchev–Trinajstić information content (AvgIpc) is 3.04. The largest absolute Gasteiger partial charge is 0.401 e. The highest BCUT2D eigenvalue weighted by Crippen LogP contribution is 2.20. The van der Waals surface area contributed by atoms with Crippen molar-refractivity contribution in [1.29, 1.82) is 0 Å². The van der Waals surface area contributed by atoms with Crippen LogP contribution < -0.4 is 10.6 Å². The fourth-order valence-electron chi connectivity index (χ4n) is 2.59. The Kier molecular flexibility index (Phi) is 8.78. The summed E-state index contributed by atoms with van der Waals surface area (Å²) >= 11 is 1.70. The summed E-state index contributed by atoms with van der Waals surface area (Å²) < 4.78 is 37.3. The van der Waals surface area contributed by atoms with E-state index < -0.39 is 12.7 Å². The Balaban J connectivity index is 0.00000288. The van der Waals surface area contributed by atoms with E-state index in [1.165, 1.54) is 14.7 Å². The van der Waals surface area contributed by atoms with Gasteiger partial charge < -0.3 is 10.6 Å². The van der Waals surface area contributed by atoms with Crippen molar-refractivity contribution in [1.82, 2.24) is 15.5 Å². The first kappa shape index (κ1) is 21.5. The van der Waals surface area contributed by atoms with Crippen LogP contribution >= 0.6 is 35.3 Å². The molecule has 4 nitrogen and oxygen atoms in total. The molecule has 1 aliphatic rings. The normalized spacial score (nSPS) is 19.2. The van der Waals surface area contributed by atoms with Crippen LogP contribution in [0.2, 0.25) is 0 Å². The maximum Gasteiger partial charge on any atom is 0.401 e. The summed E-state index contributed by atoms with van der Waals surface area (Å²) in [6.07, 6.45) is -3.44. The number of likely N-dealkylation sites (tertiary alicyclic amines) is 1. The van der Waals surface area contributed by atoms with E-state index in [9.17, 15) is 13.2 Å². The molecule has 0 radical (unpaired) electrons. The number of nitrogens with one attached hydrogen (secondary N) is 2. The smallest absolute Gasteiger partial charge is 0.357 e. The van der Waals surface area contributed by atoms with E-state index in [0.29, 0.717) is 38.6 Å². The molecule has 138 valence electrons. The zero-order valence-corrected chi connectivity index (χ0v) is 17.0. The molecule has 0 saturated carbocycles. The molecule has 0 bridgehead atoms. The molecule has 1 aliphatic heterocycles. The number of hydrogen-bond acceptors (Lipinski definition) is 3. The predicted octanol–water partition coefficient (Wildman–Crippen LogP) is 3.37. The van der Waals surface area contributed by atoms with Gasteiger partial charge in [-0.1, -0.05) is 0 Å². The number of thiophene rings is 1. The summed E-state index contributed by atoms with van der Waals surface area (Å²) in [5, 5.41) is 6.40. The molecule has 0 aliphatic carbocycles. The predicted molar refractivity (Wildman–Crippen MR) is 103 cm³/mol. The SMILES string of the molecule is CCNC(=NCc1ccc(C)s1)NC1CCN(CC(F)(F)F)C1.I. The van der Waals surface area contributed by atoms with Crippen LogP contribution in [0.3, 0.4) is 0 Å². The highest BCUT2D eigenvalue weighted by molar-refractivity contribution is 14.0. The van der Waals surface area contributed by atoms with E-state index >= 15 is 0 Å². The first-order chi connectivity index (χ1) is 10.9. The lowest BCUT2D eigenvalue weighted by Gasteiger charge is -2.19. The van der Waals surface area contributed by atoms with E-state index in [2.05, 4.69) is 28.6 Å². The second kappa shape index (κ2) is 9.81. The molecule has 0 aromatic carbocycles. The molecule has 1 atom stereocenters. The number of rotatable bonds is 5. The van der Waals surface area contributed by atoms with Gasteiger partial charge in [0.1, 0.15) is 0 Å². The van der Waals surface area contributed by atoms with Crippen LogP contribution in [0.1, 0.15) is 23.1 Å². The van der Waals surface area contributed by atoms with Crippen LogP contribution in [0.25, 0.3) is 0 Å². The highest BCUT2D eigenvalue weighted by Gasteiger charge is 2.34. The van der Waals surface area contributed by atoms with Gasteiger partial charge in [0.25, 0.3) is 0 Å². The Bertz CT molecular complexity index is 533. The molecule has 0 spiro atoms. The minimum absolute atomic E-state index is 0. The number of hydrogen-bond donors (Lipinski definition) is 2. The molecule has 9 heteroatoms. The third kappa shape index (κ3) is 7.56. The van der Waals surface area contributed by atoms with Crippen molar-refractivity contribution in [2.24, 2.45) is 4.99 Å². The van der Waals surface area contributed by atoms with E-state index in [1.807, 2.05) is 13.0 Å². The standard InChI is InChI=1S/C15H23F3N4S.HI/c1-3-19-14(20-8-13-5-4-11(2)23-13)21-12-6-7-22(9-12)10-15(16,17)18;/h4-5,12H,3,6-10H2,1-2H3,(H2,19,20,21);1H. The van der Waals surface area contributed by atoms with Gasteiger partial charge in [0.05, 0.1) is 13.1 Å². The molecule has 1 aromatic rings. The average molecular weight is 476 g/mol. The summed E-state index contributed by atoms with van der Waals surface area (Å²) in [5.74, 6) is 0.664. The van der Waals surface area contributed by atoms with Gasteiger partial charge in [-0.05, 0) is 32.4 Å². The van der Waals surface area contributed by atoms with Crippen LogP contribution in [0, 0.1) is 6.92 Å². The summed E-state index contributed by atoms with van der Waals surface area (Å²) in [6, 6.07) is 4.11. The van der Waals surface area contributed by atoms with E-state index in [-0.39, 0.29) is 30.0 Å². The van der Waals surface area contributed by atoms with Crippen molar-refractivity contribution in [3.05, 3.63) is 21.9 Å². The van der Waals surface area contributed by atoms with E-state index in [0.717, 1.165) is 0 Å². The minimum Gasteiger partial charge on any atom is -0.357 e.